The molecule has 82 valence electrons. The van der Waals surface area contributed by atoms with Gasteiger partial charge in [-0.15, -0.1) is 0 Å². The van der Waals surface area contributed by atoms with Crippen molar-refractivity contribution in [3.05, 3.63) is 28.3 Å². The third-order valence-corrected chi connectivity index (χ3v) is 1.78. The molecule has 5 heteroatoms. The summed E-state index contributed by atoms with van der Waals surface area (Å²) < 4.78 is 9.67. The molecule has 0 aromatic carbocycles. The lowest BCUT2D eigenvalue weighted by Gasteiger charge is -2.02. The summed E-state index contributed by atoms with van der Waals surface area (Å²) in [5.74, 6) is -0.312. The Balaban J connectivity index is 2.83. The van der Waals surface area contributed by atoms with Crippen molar-refractivity contribution in [1.29, 1.82) is 0 Å². The predicted octanol–water partition coefficient (Wildman–Crippen LogP) is 0.788. The van der Waals surface area contributed by atoms with Gasteiger partial charge in [-0.2, -0.15) is 0 Å². The SMILES string of the molecule is CCCNC(=O)c1cc(=O)c(OC)co1. The lowest BCUT2D eigenvalue weighted by Crippen LogP contribution is -2.25. The Kier molecular flexibility index (Phi) is 3.91. The lowest BCUT2D eigenvalue weighted by molar-refractivity contribution is 0.0923. The van der Waals surface area contributed by atoms with Gasteiger partial charge in [0.25, 0.3) is 5.91 Å². The predicted molar refractivity (Wildman–Crippen MR) is 54.2 cm³/mol. The number of carbonyl (C=O) groups excluding carboxylic acids is 1. The lowest BCUT2D eigenvalue weighted by atomic mass is 10.3. The molecule has 0 unspecified atom stereocenters. The maximum atomic E-state index is 11.4. The van der Waals surface area contributed by atoms with Crippen LogP contribution in [-0.2, 0) is 0 Å². The number of amides is 1. The fraction of sp³-hybridized carbons (Fsp3) is 0.400. The number of carbonyl (C=O) groups is 1. The molecule has 1 amide bonds. The summed E-state index contributed by atoms with van der Waals surface area (Å²) in [5.41, 5.74) is -0.370. The minimum atomic E-state index is -0.392. The number of ether oxygens (including phenoxy) is 1. The van der Waals surface area contributed by atoms with Crippen LogP contribution in [0.5, 0.6) is 5.75 Å². The van der Waals surface area contributed by atoms with E-state index in [9.17, 15) is 9.59 Å². The van der Waals surface area contributed by atoms with Crippen molar-refractivity contribution in [1.82, 2.24) is 5.32 Å². The average Bonchev–Trinajstić information content (AvgIpc) is 2.25. The Bertz CT molecular complexity index is 397. The van der Waals surface area contributed by atoms with Crippen molar-refractivity contribution in [2.24, 2.45) is 0 Å². The van der Waals surface area contributed by atoms with E-state index >= 15 is 0 Å². The number of hydrogen-bond acceptors (Lipinski definition) is 4. The maximum Gasteiger partial charge on any atom is 0.287 e. The molecule has 1 heterocycles. The summed E-state index contributed by atoms with van der Waals surface area (Å²) in [5, 5.41) is 2.60. The molecule has 0 radical (unpaired) electrons. The van der Waals surface area contributed by atoms with Crippen LogP contribution in [0.4, 0.5) is 0 Å². The monoisotopic (exact) mass is 211 g/mol. The molecule has 0 atom stereocenters. The quantitative estimate of drug-likeness (QED) is 0.799. The number of methoxy groups -OCH3 is 1. The average molecular weight is 211 g/mol. The van der Waals surface area contributed by atoms with E-state index in [1.54, 1.807) is 0 Å². The van der Waals surface area contributed by atoms with Gasteiger partial charge in [0, 0.05) is 12.6 Å². The molecular formula is C10H13NO4. The van der Waals surface area contributed by atoms with Gasteiger partial charge in [-0.1, -0.05) is 6.92 Å². The van der Waals surface area contributed by atoms with Crippen molar-refractivity contribution in [3.63, 3.8) is 0 Å². The molecule has 0 bridgehead atoms. The molecule has 0 spiro atoms. The van der Waals surface area contributed by atoms with E-state index < -0.39 is 5.91 Å². The highest BCUT2D eigenvalue weighted by Gasteiger charge is 2.10. The fourth-order valence-corrected chi connectivity index (χ4v) is 0.993. The summed E-state index contributed by atoms with van der Waals surface area (Å²) in [6.07, 6.45) is 1.95. The molecule has 0 aliphatic carbocycles. The minimum Gasteiger partial charge on any atom is -0.490 e. The highest BCUT2D eigenvalue weighted by atomic mass is 16.5. The van der Waals surface area contributed by atoms with Crippen LogP contribution in [0, 0.1) is 0 Å². The van der Waals surface area contributed by atoms with E-state index in [1.807, 2.05) is 6.92 Å². The van der Waals surface area contributed by atoms with Crippen LogP contribution in [-0.4, -0.2) is 19.6 Å². The Morgan fingerprint density at radius 2 is 2.33 bits per heavy atom. The summed E-state index contributed by atoms with van der Waals surface area (Å²) in [4.78, 5) is 22.7. The molecule has 0 aliphatic rings. The molecule has 15 heavy (non-hydrogen) atoms. The molecule has 1 N–H and O–H groups in total. The van der Waals surface area contributed by atoms with Crippen LogP contribution >= 0.6 is 0 Å². The molecule has 0 saturated carbocycles. The van der Waals surface area contributed by atoms with E-state index in [0.29, 0.717) is 6.54 Å². The van der Waals surface area contributed by atoms with Crippen LogP contribution < -0.4 is 15.5 Å². The minimum absolute atomic E-state index is 0.00532. The van der Waals surface area contributed by atoms with Crippen LogP contribution in [0.15, 0.2) is 21.5 Å². The Morgan fingerprint density at radius 1 is 1.60 bits per heavy atom. The molecule has 0 saturated heterocycles. The molecule has 0 fully saturated rings. The summed E-state index contributed by atoms with van der Waals surface area (Å²) in [7, 11) is 1.36. The smallest absolute Gasteiger partial charge is 0.287 e. The zero-order chi connectivity index (χ0) is 11.3. The summed E-state index contributed by atoms with van der Waals surface area (Å²) in [6, 6.07) is 1.11. The molecule has 0 aliphatic heterocycles. The fourth-order valence-electron chi connectivity index (χ4n) is 0.993. The number of hydrogen-bond donors (Lipinski definition) is 1. The normalized spacial score (nSPS) is 9.73. The number of rotatable bonds is 4. The Morgan fingerprint density at radius 3 is 2.87 bits per heavy atom. The first-order valence-electron chi connectivity index (χ1n) is 4.64. The van der Waals surface area contributed by atoms with Gasteiger partial charge in [-0.25, -0.2) is 0 Å². The van der Waals surface area contributed by atoms with E-state index in [0.717, 1.165) is 18.8 Å². The summed E-state index contributed by atoms with van der Waals surface area (Å²) >= 11 is 0. The third-order valence-electron chi connectivity index (χ3n) is 1.78. The van der Waals surface area contributed by atoms with Gasteiger partial charge in [0.05, 0.1) is 7.11 Å². The van der Waals surface area contributed by atoms with Crippen molar-refractivity contribution in [3.8, 4) is 5.75 Å². The zero-order valence-electron chi connectivity index (χ0n) is 8.70. The van der Waals surface area contributed by atoms with Gasteiger partial charge in [0.15, 0.2) is 5.76 Å². The van der Waals surface area contributed by atoms with E-state index in [1.165, 1.54) is 7.11 Å². The standard InChI is InChI=1S/C10H13NO4/c1-3-4-11-10(13)8-5-7(12)9(14-2)6-15-8/h5-6H,3-4H2,1-2H3,(H,11,13). The first-order valence-corrected chi connectivity index (χ1v) is 4.64. The van der Waals surface area contributed by atoms with Crippen LogP contribution in [0.25, 0.3) is 0 Å². The Labute approximate surface area is 87.0 Å². The van der Waals surface area contributed by atoms with Gasteiger partial charge in [-0.3, -0.25) is 9.59 Å². The van der Waals surface area contributed by atoms with Crippen molar-refractivity contribution in [2.75, 3.05) is 13.7 Å². The second-order valence-corrected chi connectivity index (χ2v) is 2.93. The van der Waals surface area contributed by atoms with Gasteiger partial charge < -0.3 is 14.5 Å². The van der Waals surface area contributed by atoms with E-state index in [2.05, 4.69) is 5.32 Å². The summed E-state index contributed by atoms with van der Waals surface area (Å²) in [6.45, 7) is 2.49. The molecule has 1 rings (SSSR count). The van der Waals surface area contributed by atoms with Gasteiger partial charge in [0.1, 0.15) is 6.26 Å². The molecule has 5 nitrogen and oxygen atoms in total. The van der Waals surface area contributed by atoms with Crippen LogP contribution in [0.2, 0.25) is 0 Å². The first kappa shape index (κ1) is 11.3. The molecule has 1 aromatic rings. The van der Waals surface area contributed by atoms with Gasteiger partial charge in [0.2, 0.25) is 11.2 Å². The van der Waals surface area contributed by atoms with E-state index in [-0.39, 0.29) is 16.9 Å². The van der Waals surface area contributed by atoms with Crippen molar-refractivity contribution in [2.45, 2.75) is 13.3 Å². The van der Waals surface area contributed by atoms with E-state index in [4.69, 9.17) is 9.15 Å². The first-order chi connectivity index (χ1) is 7.19. The third kappa shape index (κ3) is 2.83. The largest absolute Gasteiger partial charge is 0.490 e. The van der Waals surface area contributed by atoms with Crippen LogP contribution in [0.1, 0.15) is 23.9 Å². The molecule has 1 aromatic heterocycles. The topological polar surface area (TPSA) is 68.5 Å². The highest BCUT2D eigenvalue weighted by Crippen LogP contribution is 2.04. The van der Waals surface area contributed by atoms with Crippen molar-refractivity contribution < 1.29 is 13.9 Å². The van der Waals surface area contributed by atoms with Gasteiger partial charge in [-0.05, 0) is 6.42 Å². The maximum absolute atomic E-state index is 11.4. The Hall–Kier alpha value is -1.78. The highest BCUT2D eigenvalue weighted by molar-refractivity contribution is 5.91. The second-order valence-electron chi connectivity index (χ2n) is 2.93. The second kappa shape index (κ2) is 5.19. The molecular weight excluding hydrogens is 198 g/mol. The van der Waals surface area contributed by atoms with Crippen LogP contribution in [0.3, 0.4) is 0 Å². The van der Waals surface area contributed by atoms with Gasteiger partial charge >= 0.3 is 0 Å². The zero-order valence-corrected chi connectivity index (χ0v) is 8.70. The number of nitrogens with one attached hydrogen (secondary N) is 1. The van der Waals surface area contributed by atoms with Crippen molar-refractivity contribution >= 4 is 5.91 Å².